The van der Waals surface area contributed by atoms with Crippen molar-refractivity contribution in [1.82, 2.24) is 0 Å². The third-order valence-corrected chi connectivity index (χ3v) is 5.93. The van der Waals surface area contributed by atoms with Crippen molar-refractivity contribution in [2.24, 2.45) is 0 Å². The van der Waals surface area contributed by atoms with Crippen molar-refractivity contribution in [3.63, 3.8) is 0 Å². The number of benzene rings is 2. The molecule has 1 fully saturated rings. The fraction of sp³-hybridized carbons (Fsp3) is 0.360. The Bertz CT molecular complexity index is 807. The molecule has 4 rings (SSSR count). The van der Waals surface area contributed by atoms with Crippen LogP contribution in [0.15, 0.2) is 83.5 Å². The maximum absolute atomic E-state index is 10.4. The van der Waals surface area contributed by atoms with Gasteiger partial charge in [0.2, 0.25) is 0 Å². The minimum absolute atomic E-state index is 0.345. The molecule has 2 heterocycles. The number of hydrogen-bond donors (Lipinski definition) is 3. The van der Waals surface area contributed by atoms with E-state index in [4.69, 9.17) is 9.15 Å². The lowest BCUT2D eigenvalue weighted by molar-refractivity contribution is -1.02. The molecule has 1 aromatic heterocycles. The molecule has 0 radical (unpaired) electrons. The van der Waals surface area contributed by atoms with E-state index in [1.54, 1.807) is 11.2 Å². The fourth-order valence-corrected chi connectivity index (χ4v) is 4.45. The van der Waals surface area contributed by atoms with Gasteiger partial charge in [0, 0.05) is 11.1 Å². The van der Waals surface area contributed by atoms with Crippen LogP contribution in [-0.2, 0) is 11.3 Å². The summed E-state index contributed by atoms with van der Waals surface area (Å²) in [4.78, 5) is 3.05. The Morgan fingerprint density at radius 3 is 2.03 bits per heavy atom. The van der Waals surface area contributed by atoms with E-state index in [1.807, 2.05) is 12.1 Å². The molecule has 1 aliphatic heterocycles. The van der Waals surface area contributed by atoms with E-state index in [9.17, 15) is 5.11 Å². The molecule has 3 aromatic rings. The zero-order valence-corrected chi connectivity index (χ0v) is 17.4. The molecule has 3 N–H and O–H groups in total. The van der Waals surface area contributed by atoms with Crippen molar-refractivity contribution in [1.29, 1.82) is 0 Å². The zero-order valence-electron chi connectivity index (χ0n) is 17.4. The third kappa shape index (κ3) is 5.58. The van der Waals surface area contributed by atoms with Crippen LogP contribution in [0.25, 0.3) is 0 Å². The zero-order chi connectivity index (χ0) is 20.6. The topological polar surface area (TPSA) is 51.5 Å². The highest BCUT2D eigenvalue weighted by Crippen LogP contribution is 2.18. The first-order valence-corrected chi connectivity index (χ1v) is 10.9. The molecule has 30 heavy (non-hydrogen) atoms. The molecule has 5 nitrogen and oxygen atoms in total. The van der Waals surface area contributed by atoms with Crippen molar-refractivity contribution in [2.75, 3.05) is 39.3 Å². The number of furan rings is 1. The molecule has 1 aliphatic rings. The van der Waals surface area contributed by atoms with Gasteiger partial charge in [0.05, 0.1) is 12.9 Å². The first-order chi connectivity index (χ1) is 14.8. The molecular weight excluding hydrogens is 376 g/mol. The summed E-state index contributed by atoms with van der Waals surface area (Å²) >= 11 is 0. The minimum atomic E-state index is -0.449. The summed E-state index contributed by atoms with van der Waals surface area (Å²) in [5.41, 5.74) is 2.74. The van der Waals surface area contributed by atoms with Crippen LogP contribution in [0.5, 0.6) is 0 Å². The molecule has 0 amide bonds. The number of rotatable bonds is 9. The van der Waals surface area contributed by atoms with Gasteiger partial charge in [-0.15, -0.1) is 0 Å². The molecule has 0 spiro atoms. The summed E-state index contributed by atoms with van der Waals surface area (Å²) in [6, 6.07) is 25.7. The fourth-order valence-electron chi connectivity index (χ4n) is 4.45. The second-order valence-corrected chi connectivity index (χ2v) is 8.12. The molecule has 0 saturated carbocycles. The summed E-state index contributed by atoms with van der Waals surface area (Å²) in [6.45, 7) is 5.77. The standard InChI is InChI=1S/C25H30N2O3/c28-23(19-29-20-24-12-7-17-30-24)18-26-13-15-27(16-14-26)25(21-8-3-1-4-9-21)22-10-5-2-6-11-22/h1-12,17,23,25,28H,13-16,18-20H2/p+2/t23-/m0/s1. The number of quaternary nitrogens is 2. The number of ether oxygens (including phenoxy) is 1. The van der Waals surface area contributed by atoms with Gasteiger partial charge < -0.3 is 24.1 Å². The Morgan fingerprint density at radius 2 is 1.47 bits per heavy atom. The Labute approximate surface area is 178 Å². The van der Waals surface area contributed by atoms with Crippen molar-refractivity contribution in [2.45, 2.75) is 18.8 Å². The smallest absolute Gasteiger partial charge is 0.139 e. The van der Waals surface area contributed by atoms with Gasteiger partial charge >= 0.3 is 0 Å². The number of piperazine rings is 1. The van der Waals surface area contributed by atoms with E-state index in [2.05, 4.69) is 60.7 Å². The summed E-state index contributed by atoms with van der Waals surface area (Å²) in [6.07, 6.45) is 1.19. The molecule has 1 saturated heterocycles. The Balaban J connectivity index is 1.30. The maximum Gasteiger partial charge on any atom is 0.139 e. The number of hydrogen-bond acceptors (Lipinski definition) is 3. The van der Waals surface area contributed by atoms with Gasteiger partial charge in [0.25, 0.3) is 0 Å². The molecule has 5 heteroatoms. The summed E-state index contributed by atoms with van der Waals surface area (Å²) < 4.78 is 10.9. The van der Waals surface area contributed by atoms with Gasteiger partial charge in [-0.1, -0.05) is 60.7 Å². The van der Waals surface area contributed by atoms with E-state index in [1.165, 1.54) is 16.0 Å². The van der Waals surface area contributed by atoms with E-state index in [0.29, 0.717) is 19.3 Å². The van der Waals surface area contributed by atoms with Crippen LogP contribution >= 0.6 is 0 Å². The van der Waals surface area contributed by atoms with Gasteiger partial charge in [-0.2, -0.15) is 0 Å². The average molecular weight is 409 g/mol. The van der Waals surface area contributed by atoms with E-state index < -0.39 is 6.10 Å². The highest BCUT2D eigenvalue weighted by molar-refractivity contribution is 5.29. The molecule has 158 valence electrons. The maximum atomic E-state index is 10.4. The normalized spacial score (nSPS) is 20.3. The first kappa shape index (κ1) is 20.8. The van der Waals surface area contributed by atoms with Crippen molar-refractivity contribution in [3.8, 4) is 0 Å². The largest absolute Gasteiger partial charge is 0.467 e. The van der Waals surface area contributed by atoms with Crippen LogP contribution < -0.4 is 9.80 Å². The summed E-state index contributed by atoms with van der Waals surface area (Å²) in [7, 11) is 0. The van der Waals surface area contributed by atoms with Gasteiger partial charge in [-0.25, -0.2) is 0 Å². The highest BCUT2D eigenvalue weighted by atomic mass is 16.5. The highest BCUT2D eigenvalue weighted by Gasteiger charge is 2.32. The second kappa shape index (κ2) is 10.5. The molecule has 2 aromatic carbocycles. The number of aliphatic hydroxyl groups excluding tert-OH is 1. The van der Waals surface area contributed by atoms with E-state index in [-0.39, 0.29) is 0 Å². The van der Waals surface area contributed by atoms with Crippen LogP contribution in [0.2, 0.25) is 0 Å². The van der Waals surface area contributed by atoms with E-state index >= 15 is 0 Å². The number of nitrogens with one attached hydrogen (secondary N) is 2. The van der Waals surface area contributed by atoms with Crippen LogP contribution in [0.3, 0.4) is 0 Å². The third-order valence-electron chi connectivity index (χ3n) is 5.93. The Kier molecular flexibility index (Phi) is 7.32. The Hall–Kier alpha value is -2.44. The minimum Gasteiger partial charge on any atom is -0.467 e. The van der Waals surface area contributed by atoms with Gasteiger partial charge in [-0.3, -0.25) is 0 Å². The van der Waals surface area contributed by atoms with Crippen LogP contribution in [0.1, 0.15) is 22.9 Å². The van der Waals surface area contributed by atoms with E-state index in [0.717, 1.165) is 38.5 Å². The van der Waals surface area contributed by atoms with Crippen LogP contribution in [-0.4, -0.2) is 50.5 Å². The lowest BCUT2D eigenvalue weighted by Crippen LogP contribution is -3.28. The quantitative estimate of drug-likeness (QED) is 0.489. The van der Waals surface area contributed by atoms with Crippen LogP contribution in [0.4, 0.5) is 0 Å². The van der Waals surface area contributed by atoms with Gasteiger partial charge in [0.15, 0.2) is 0 Å². The van der Waals surface area contributed by atoms with Gasteiger partial charge in [0.1, 0.15) is 57.2 Å². The molecule has 1 atom stereocenters. The van der Waals surface area contributed by atoms with Gasteiger partial charge in [-0.05, 0) is 12.1 Å². The molecular formula is C25H32N2O3+2. The monoisotopic (exact) mass is 408 g/mol. The predicted octanol–water partition coefficient (Wildman–Crippen LogP) is 0.730. The Morgan fingerprint density at radius 1 is 0.833 bits per heavy atom. The second-order valence-electron chi connectivity index (χ2n) is 8.12. The lowest BCUT2D eigenvalue weighted by atomic mass is 9.96. The van der Waals surface area contributed by atoms with Crippen LogP contribution in [0, 0.1) is 0 Å². The lowest BCUT2D eigenvalue weighted by Gasteiger charge is -2.35. The summed E-state index contributed by atoms with van der Waals surface area (Å²) in [5.74, 6) is 0.791. The number of aliphatic hydroxyl groups is 1. The average Bonchev–Trinajstić information content (AvgIpc) is 3.30. The SMILES string of the molecule is O[C@H](COCc1ccco1)C[NH+]1CC[NH+](C(c2ccccc2)c2ccccc2)CC1. The summed E-state index contributed by atoms with van der Waals surface area (Å²) in [5, 5.41) is 10.4. The van der Waals surface area contributed by atoms with Crippen molar-refractivity contribution >= 4 is 0 Å². The first-order valence-electron chi connectivity index (χ1n) is 10.9. The molecule has 0 aliphatic carbocycles. The van der Waals surface area contributed by atoms with Crippen molar-refractivity contribution < 1.29 is 24.1 Å². The van der Waals surface area contributed by atoms with Crippen molar-refractivity contribution in [3.05, 3.63) is 95.9 Å². The predicted molar refractivity (Wildman–Crippen MR) is 115 cm³/mol. The molecule has 0 unspecified atom stereocenters. The molecule has 0 bridgehead atoms.